The second-order valence-electron chi connectivity index (χ2n) is 7.46. The Morgan fingerprint density at radius 3 is 2.88 bits per heavy atom. The lowest BCUT2D eigenvalue weighted by molar-refractivity contribution is 0.0283. The van der Waals surface area contributed by atoms with E-state index in [1.807, 2.05) is 13.0 Å². The summed E-state index contributed by atoms with van der Waals surface area (Å²) in [6, 6.07) is 11.3. The van der Waals surface area contributed by atoms with E-state index in [0.29, 0.717) is 34.8 Å². The van der Waals surface area contributed by atoms with Crippen molar-refractivity contribution in [1.82, 2.24) is 20.2 Å². The minimum Gasteiger partial charge on any atom is -0.355 e. The van der Waals surface area contributed by atoms with Gasteiger partial charge in [0.05, 0.1) is 45.1 Å². The molecule has 10 heteroatoms. The molecule has 0 saturated carbocycles. The van der Waals surface area contributed by atoms with Gasteiger partial charge in [-0.15, -0.1) is 22.7 Å². The highest BCUT2D eigenvalue weighted by Gasteiger charge is 2.33. The third-order valence-corrected chi connectivity index (χ3v) is 7.17. The molecule has 33 heavy (non-hydrogen) atoms. The van der Waals surface area contributed by atoms with Crippen LogP contribution in [0.2, 0.25) is 0 Å². The number of carbonyl (C=O) groups excluding carboxylic acids is 2. The summed E-state index contributed by atoms with van der Waals surface area (Å²) >= 11 is 2.70. The first-order valence-corrected chi connectivity index (χ1v) is 12.0. The highest BCUT2D eigenvalue weighted by atomic mass is 32.1. The number of nitrogens with zero attached hydrogens (tertiary/aromatic N) is 3. The van der Waals surface area contributed by atoms with Gasteiger partial charge in [0.25, 0.3) is 11.8 Å². The molecule has 0 radical (unpaired) electrons. The van der Waals surface area contributed by atoms with Crippen LogP contribution >= 0.6 is 22.7 Å². The molecule has 1 unspecified atom stereocenters. The SMILES string of the molecule is Cc1nc(-c2ccc(F)cc2)c(C(=O)N2CCOC2CNC(=O)c2cccc3ncsc23)s1. The molecule has 7 nitrogen and oxygen atoms in total. The second-order valence-corrected chi connectivity index (χ2v) is 9.52. The molecule has 2 aromatic heterocycles. The lowest BCUT2D eigenvalue weighted by Crippen LogP contribution is -2.43. The molecule has 168 valence electrons. The Balaban J connectivity index is 1.33. The van der Waals surface area contributed by atoms with Crippen LogP contribution in [0.4, 0.5) is 4.39 Å². The summed E-state index contributed by atoms with van der Waals surface area (Å²) in [5, 5.41) is 3.62. The van der Waals surface area contributed by atoms with E-state index in [0.717, 1.165) is 15.2 Å². The van der Waals surface area contributed by atoms with Crippen LogP contribution in [0.5, 0.6) is 0 Å². The van der Waals surface area contributed by atoms with Crippen LogP contribution in [0.25, 0.3) is 21.5 Å². The zero-order chi connectivity index (χ0) is 22.9. The van der Waals surface area contributed by atoms with Gasteiger partial charge in [-0.05, 0) is 43.3 Å². The molecule has 0 aliphatic carbocycles. The molecule has 2 aromatic carbocycles. The maximum absolute atomic E-state index is 13.4. The zero-order valence-electron chi connectivity index (χ0n) is 17.6. The minimum atomic E-state index is -0.592. The summed E-state index contributed by atoms with van der Waals surface area (Å²) < 4.78 is 19.9. The first-order chi connectivity index (χ1) is 16.0. The molecule has 1 aliphatic rings. The van der Waals surface area contributed by atoms with E-state index in [-0.39, 0.29) is 24.2 Å². The monoisotopic (exact) mass is 482 g/mol. The van der Waals surface area contributed by atoms with Crippen molar-refractivity contribution in [2.75, 3.05) is 19.7 Å². The van der Waals surface area contributed by atoms with Crippen LogP contribution < -0.4 is 5.32 Å². The molecule has 3 heterocycles. The Labute approximate surface area is 196 Å². The number of halogens is 1. The average Bonchev–Trinajstić information content (AvgIpc) is 3.56. The van der Waals surface area contributed by atoms with Crippen molar-refractivity contribution in [1.29, 1.82) is 0 Å². The van der Waals surface area contributed by atoms with Crippen molar-refractivity contribution in [3.05, 3.63) is 69.2 Å². The Kier molecular flexibility index (Phi) is 5.88. The van der Waals surface area contributed by atoms with Gasteiger partial charge in [-0.3, -0.25) is 9.59 Å². The number of hydrogen-bond acceptors (Lipinski definition) is 7. The molecule has 5 rings (SSSR count). The highest BCUT2D eigenvalue weighted by molar-refractivity contribution is 7.17. The number of amides is 2. The van der Waals surface area contributed by atoms with Crippen molar-refractivity contribution < 1.29 is 18.7 Å². The van der Waals surface area contributed by atoms with Crippen molar-refractivity contribution in [2.24, 2.45) is 0 Å². The van der Waals surface area contributed by atoms with Crippen molar-refractivity contribution in [3.8, 4) is 11.3 Å². The zero-order valence-corrected chi connectivity index (χ0v) is 19.2. The summed E-state index contributed by atoms with van der Waals surface area (Å²) in [5.74, 6) is -0.814. The summed E-state index contributed by atoms with van der Waals surface area (Å²) in [7, 11) is 0. The summed E-state index contributed by atoms with van der Waals surface area (Å²) in [5.41, 5.74) is 4.22. The molecule has 0 spiro atoms. The number of carbonyl (C=O) groups is 2. The number of ether oxygens (including phenoxy) is 1. The van der Waals surface area contributed by atoms with Crippen LogP contribution in [0.15, 0.2) is 48.0 Å². The Morgan fingerprint density at radius 1 is 1.24 bits per heavy atom. The predicted molar refractivity (Wildman–Crippen MR) is 125 cm³/mol. The van der Waals surface area contributed by atoms with E-state index < -0.39 is 6.23 Å². The maximum atomic E-state index is 13.4. The van der Waals surface area contributed by atoms with Crippen LogP contribution in [0, 0.1) is 12.7 Å². The van der Waals surface area contributed by atoms with E-state index in [2.05, 4.69) is 15.3 Å². The Hall–Kier alpha value is -3.21. The number of rotatable bonds is 5. The topological polar surface area (TPSA) is 84.4 Å². The summed E-state index contributed by atoms with van der Waals surface area (Å²) in [6.07, 6.45) is -0.592. The third-order valence-electron chi connectivity index (χ3n) is 5.34. The number of fused-ring (bicyclic) bond motifs is 1. The van der Waals surface area contributed by atoms with Gasteiger partial charge in [0, 0.05) is 12.1 Å². The Morgan fingerprint density at radius 2 is 2.06 bits per heavy atom. The molecule has 0 bridgehead atoms. The van der Waals surface area contributed by atoms with Gasteiger partial charge in [0.2, 0.25) is 0 Å². The minimum absolute atomic E-state index is 0.156. The average molecular weight is 483 g/mol. The molecule has 1 atom stereocenters. The van der Waals surface area contributed by atoms with Crippen molar-refractivity contribution in [2.45, 2.75) is 13.2 Å². The van der Waals surface area contributed by atoms with Gasteiger partial charge < -0.3 is 15.0 Å². The van der Waals surface area contributed by atoms with Crippen LogP contribution in [0.3, 0.4) is 0 Å². The van der Waals surface area contributed by atoms with Crippen LogP contribution in [-0.2, 0) is 4.74 Å². The molecular formula is C23H19FN4O3S2. The smallest absolute Gasteiger partial charge is 0.268 e. The molecule has 1 fully saturated rings. The van der Waals surface area contributed by atoms with Crippen molar-refractivity contribution in [3.63, 3.8) is 0 Å². The first kappa shape index (κ1) is 21.6. The van der Waals surface area contributed by atoms with Crippen molar-refractivity contribution >= 4 is 44.7 Å². The van der Waals surface area contributed by atoms with Gasteiger partial charge in [-0.2, -0.15) is 0 Å². The molecule has 4 aromatic rings. The van der Waals surface area contributed by atoms with Gasteiger partial charge in [0.1, 0.15) is 16.9 Å². The van der Waals surface area contributed by atoms with Gasteiger partial charge in [0.15, 0.2) is 0 Å². The van der Waals surface area contributed by atoms with Gasteiger partial charge in [-0.1, -0.05) is 6.07 Å². The Bertz CT molecular complexity index is 1340. The number of aryl methyl sites for hydroxylation is 1. The van der Waals surface area contributed by atoms with Crippen LogP contribution in [-0.4, -0.2) is 52.6 Å². The molecular weight excluding hydrogens is 463 g/mol. The quantitative estimate of drug-likeness (QED) is 0.463. The first-order valence-electron chi connectivity index (χ1n) is 10.3. The number of nitrogens with one attached hydrogen (secondary N) is 1. The number of thiazole rings is 2. The second kappa shape index (κ2) is 8.97. The van der Waals surface area contributed by atoms with E-state index in [9.17, 15) is 14.0 Å². The number of benzene rings is 2. The van der Waals surface area contributed by atoms with E-state index >= 15 is 0 Å². The lowest BCUT2D eigenvalue weighted by atomic mass is 10.1. The normalized spacial score (nSPS) is 15.8. The van der Waals surface area contributed by atoms with Crippen LogP contribution in [0.1, 0.15) is 25.0 Å². The van der Waals surface area contributed by atoms with E-state index in [1.165, 1.54) is 34.8 Å². The third kappa shape index (κ3) is 4.24. The fourth-order valence-corrected chi connectivity index (χ4v) is 5.47. The molecule has 1 N–H and O–H groups in total. The highest BCUT2D eigenvalue weighted by Crippen LogP contribution is 2.30. The molecule has 1 aliphatic heterocycles. The molecule has 1 saturated heterocycles. The standard InChI is InChI=1S/C23H19FN4O3S2/c1-13-27-19(14-5-7-15(24)8-6-14)21(33-13)23(30)28-9-10-31-18(28)11-25-22(29)16-3-2-4-17-20(16)32-12-26-17/h2-8,12,18H,9-11H2,1H3,(H,25,29). The summed E-state index contributed by atoms with van der Waals surface area (Å²) in [4.78, 5) is 37.0. The molecule has 2 amide bonds. The summed E-state index contributed by atoms with van der Waals surface area (Å²) in [6.45, 7) is 2.76. The lowest BCUT2D eigenvalue weighted by Gasteiger charge is -2.23. The largest absolute Gasteiger partial charge is 0.355 e. The number of aromatic nitrogens is 2. The van der Waals surface area contributed by atoms with E-state index in [4.69, 9.17) is 4.74 Å². The number of hydrogen-bond donors (Lipinski definition) is 1. The maximum Gasteiger partial charge on any atom is 0.268 e. The fraction of sp³-hybridized carbons (Fsp3) is 0.217. The van der Waals surface area contributed by atoms with E-state index in [1.54, 1.807) is 34.7 Å². The van der Waals surface area contributed by atoms with Gasteiger partial charge >= 0.3 is 0 Å². The fourth-order valence-electron chi connectivity index (χ4n) is 3.77. The predicted octanol–water partition coefficient (Wildman–Crippen LogP) is 4.10. The van der Waals surface area contributed by atoms with Gasteiger partial charge in [-0.25, -0.2) is 14.4 Å².